The molecule has 3 rings (SSSR count). The maximum atomic E-state index is 12.3. The average Bonchev–Trinajstić information content (AvgIpc) is 3.16. The predicted molar refractivity (Wildman–Crippen MR) is 96.0 cm³/mol. The van der Waals surface area contributed by atoms with Gasteiger partial charge in [-0.2, -0.15) is 5.10 Å². The summed E-state index contributed by atoms with van der Waals surface area (Å²) >= 11 is 0. The van der Waals surface area contributed by atoms with E-state index in [2.05, 4.69) is 20.4 Å². The highest BCUT2D eigenvalue weighted by Gasteiger charge is 2.23. The van der Waals surface area contributed by atoms with Crippen molar-refractivity contribution < 1.29 is 9.53 Å². The number of amides is 1. The molecule has 6 nitrogen and oxygen atoms in total. The molecule has 2 N–H and O–H groups in total. The highest BCUT2D eigenvalue weighted by molar-refractivity contribution is 5.78. The van der Waals surface area contributed by atoms with Crippen LogP contribution in [0.15, 0.2) is 36.5 Å². The van der Waals surface area contributed by atoms with Gasteiger partial charge in [0.1, 0.15) is 0 Å². The quantitative estimate of drug-likeness (QED) is 0.808. The van der Waals surface area contributed by atoms with Gasteiger partial charge >= 0.3 is 0 Å². The third kappa shape index (κ3) is 4.90. The summed E-state index contributed by atoms with van der Waals surface area (Å²) in [7, 11) is 1.68. The van der Waals surface area contributed by atoms with E-state index in [4.69, 9.17) is 4.74 Å². The largest absolute Gasteiger partial charge is 0.380 e. The lowest BCUT2D eigenvalue weighted by Gasteiger charge is -2.31. The molecule has 6 heteroatoms. The topological polar surface area (TPSA) is 70.2 Å². The van der Waals surface area contributed by atoms with Gasteiger partial charge in [0.2, 0.25) is 5.91 Å². The Kier molecular flexibility index (Phi) is 6.19. The SMILES string of the molecule is COCc1ccccc1CNC(=O)CN1CCCC(c2ccn[nH]2)C1. The van der Waals surface area contributed by atoms with Gasteiger partial charge in [-0.15, -0.1) is 0 Å². The summed E-state index contributed by atoms with van der Waals surface area (Å²) < 4.78 is 5.22. The second kappa shape index (κ2) is 8.78. The lowest BCUT2D eigenvalue weighted by atomic mass is 9.95. The van der Waals surface area contributed by atoms with Crippen LogP contribution in [-0.4, -0.2) is 47.7 Å². The molecule has 1 amide bonds. The zero-order valence-corrected chi connectivity index (χ0v) is 14.7. The van der Waals surface area contributed by atoms with E-state index < -0.39 is 0 Å². The van der Waals surface area contributed by atoms with Crippen LogP contribution >= 0.6 is 0 Å². The smallest absolute Gasteiger partial charge is 0.234 e. The molecule has 1 aliphatic heterocycles. The standard InChI is InChI=1S/C19H26N4O2/c1-25-14-17-6-3-2-5-15(17)11-20-19(24)13-23-10-4-7-16(12-23)18-8-9-21-22-18/h2-3,5-6,8-9,16H,4,7,10-14H2,1H3,(H,20,24)(H,21,22). The average molecular weight is 342 g/mol. The molecule has 1 fully saturated rings. The number of nitrogens with one attached hydrogen (secondary N) is 2. The van der Waals surface area contributed by atoms with E-state index >= 15 is 0 Å². The Labute approximate surface area is 148 Å². The van der Waals surface area contributed by atoms with Gasteiger partial charge in [-0.1, -0.05) is 24.3 Å². The highest BCUT2D eigenvalue weighted by atomic mass is 16.5. The second-order valence-corrected chi connectivity index (χ2v) is 6.56. The Hall–Kier alpha value is -2.18. The van der Waals surface area contributed by atoms with Crippen LogP contribution in [0, 0.1) is 0 Å². The fourth-order valence-corrected chi connectivity index (χ4v) is 3.43. The Morgan fingerprint density at radius 2 is 2.20 bits per heavy atom. The number of H-pyrrole nitrogens is 1. The van der Waals surface area contributed by atoms with Gasteiger partial charge in [0, 0.05) is 38.0 Å². The molecule has 0 saturated carbocycles. The number of carbonyl (C=O) groups excluding carboxylic acids is 1. The number of carbonyl (C=O) groups is 1. The minimum atomic E-state index is 0.0671. The monoisotopic (exact) mass is 342 g/mol. The Morgan fingerprint density at radius 1 is 1.36 bits per heavy atom. The molecule has 1 saturated heterocycles. The molecular formula is C19H26N4O2. The van der Waals surface area contributed by atoms with E-state index in [-0.39, 0.29) is 5.91 Å². The van der Waals surface area contributed by atoms with E-state index in [0.29, 0.717) is 25.6 Å². The minimum absolute atomic E-state index is 0.0671. The van der Waals surface area contributed by atoms with Crippen LogP contribution in [0.5, 0.6) is 0 Å². The number of piperidine rings is 1. The summed E-state index contributed by atoms with van der Waals surface area (Å²) in [5.74, 6) is 0.504. The molecule has 0 aliphatic carbocycles. The third-order valence-electron chi connectivity index (χ3n) is 4.73. The molecule has 2 heterocycles. The Morgan fingerprint density at radius 3 is 2.96 bits per heavy atom. The summed E-state index contributed by atoms with van der Waals surface area (Å²) in [6.07, 6.45) is 4.04. The normalized spacial score (nSPS) is 18.2. The van der Waals surface area contributed by atoms with Crippen LogP contribution in [-0.2, 0) is 22.7 Å². The molecule has 0 bridgehead atoms. The van der Waals surface area contributed by atoms with Gasteiger partial charge in [0.25, 0.3) is 0 Å². The number of ether oxygens (including phenoxy) is 1. The molecule has 1 aliphatic rings. The minimum Gasteiger partial charge on any atom is -0.380 e. The van der Waals surface area contributed by atoms with E-state index in [1.165, 1.54) is 5.69 Å². The molecule has 1 aromatic carbocycles. The molecule has 1 aromatic heterocycles. The first-order valence-corrected chi connectivity index (χ1v) is 8.80. The van der Waals surface area contributed by atoms with Crippen molar-refractivity contribution in [2.45, 2.75) is 31.9 Å². The number of rotatable bonds is 7. The van der Waals surface area contributed by atoms with E-state index in [1.807, 2.05) is 30.3 Å². The molecule has 2 aromatic rings. The fraction of sp³-hybridized carbons (Fsp3) is 0.474. The van der Waals surface area contributed by atoms with Crippen LogP contribution in [0.2, 0.25) is 0 Å². The Bertz CT molecular complexity index is 672. The summed E-state index contributed by atoms with van der Waals surface area (Å²) in [5, 5.41) is 10.1. The van der Waals surface area contributed by atoms with Crippen molar-refractivity contribution in [2.75, 3.05) is 26.7 Å². The number of benzene rings is 1. The number of aromatic nitrogens is 2. The number of aromatic amines is 1. The van der Waals surface area contributed by atoms with Gasteiger partial charge in [-0.3, -0.25) is 14.8 Å². The molecular weight excluding hydrogens is 316 g/mol. The van der Waals surface area contributed by atoms with Crippen molar-refractivity contribution in [1.29, 1.82) is 0 Å². The first kappa shape index (κ1) is 17.6. The fourth-order valence-electron chi connectivity index (χ4n) is 3.43. The van der Waals surface area contributed by atoms with Crippen molar-refractivity contribution in [3.8, 4) is 0 Å². The maximum Gasteiger partial charge on any atom is 0.234 e. The van der Waals surface area contributed by atoms with Gasteiger partial charge in [0.05, 0.1) is 13.2 Å². The van der Waals surface area contributed by atoms with E-state index in [0.717, 1.165) is 37.1 Å². The molecule has 0 spiro atoms. The molecule has 0 radical (unpaired) electrons. The number of methoxy groups -OCH3 is 1. The van der Waals surface area contributed by atoms with Crippen molar-refractivity contribution in [2.24, 2.45) is 0 Å². The molecule has 134 valence electrons. The highest BCUT2D eigenvalue weighted by Crippen LogP contribution is 2.24. The predicted octanol–water partition coefficient (Wildman–Crippen LogP) is 2.05. The van der Waals surface area contributed by atoms with Crippen LogP contribution < -0.4 is 5.32 Å². The van der Waals surface area contributed by atoms with Gasteiger partial charge in [-0.05, 0) is 36.6 Å². The van der Waals surface area contributed by atoms with Gasteiger partial charge < -0.3 is 10.1 Å². The molecule has 1 unspecified atom stereocenters. The zero-order chi connectivity index (χ0) is 17.5. The third-order valence-corrected chi connectivity index (χ3v) is 4.73. The van der Waals surface area contributed by atoms with Crippen LogP contribution in [0.4, 0.5) is 0 Å². The van der Waals surface area contributed by atoms with E-state index in [1.54, 1.807) is 13.3 Å². The maximum absolute atomic E-state index is 12.3. The molecule has 25 heavy (non-hydrogen) atoms. The van der Waals surface area contributed by atoms with Crippen molar-refractivity contribution in [3.05, 3.63) is 53.3 Å². The zero-order valence-electron chi connectivity index (χ0n) is 14.7. The summed E-state index contributed by atoms with van der Waals surface area (Å²) in [5.41, 5.74) is 3.38. The van der Waals surface area contributed by atoms with Crippen molar-refractivity contribution >= 4 is 5.91 Å². The summed E-state index contributed by atoms with van der Waals surface area (Å²) in [4.78, 5) is 14.6. The van der Waals surface area contributed by atoms with Gasteiger partial charge in [0.15, 0.2) is 0 Å². The van der Waals surface area contributed by atoms with E-state index in [9.17, 15) is 4.79 Å². The van der Waals surface area contributed by atoms with Crippen LogP contribution in [0.1, 0.15) is 35.6 Å². The summed E-state index contributed by atoms with van der Waals surface area (Å²) in [6, 6.07) is 10.1. The number of hydrogen-bond donors (Lipinski definition) is 2. The number of nitrogens with zero attached hydrogens (tertiary/aromatic N) is 2. The Balaban J connectivity index is 1.49. The van der Waals surface area contributed by atoms with Gasteiger partial charge in [-0.25, -0.2) is 0 Å². The van der Waals surface area contributed by atoms with Crippen LogP contribution in [0.25, 0.3) is 0 Å². The lowest BCUT2D eigenvalue weighted by molar-refractivity contribution is -0.122. The van der Waals surface area contributed by atoms with Crippen molar-refractivity contribution in [3.63, 3.8) is 0 Å². The first-order chi connectivity index (χ1) is 12.3. The van der Waals surface area contributed by atoms with Crippen molar-refractivity contribution in [1.82, 2.24) is 20.4 Å². The first-order valence-electron chi connectivity index (χ1n) is 8.80. The van der Waals surface area contributed by atoms with Crippen LogP contribution in [0.3, 0.4) is 0 Å². The number of likely N-dealkylation sites (tertiary alicyclic amines) is 1. The lowest BCUT2D eigenvalue weighted by Crippen LogP contribution is -2.42. The number of hydrogen-bond acceptors (Lipinski definition) is 4. The summed E-state index contributed by atoms with van der Waals surface area (Å²) in [6.45, 7) is 3.41. The second-order valence-electron chi connectivity index (χ2n) is 6.56. The molecule has 1 atom stereocenters.